The van der Waals surface area contributed by atoms with Gasteiger partial charge in [0.25, 0.3) is 0 Å². The van der Waals surface area contributed by atoms with Crippen molar-refractivity contribution in [1.29, 1.82) is 0 Å². The maximum Gasteiger partial charge on any atom is 0.217 e. The van der Waals surface area contributed by atoms with Gasteiger partial charge in [0.05, 0.1) is 17.2 Å². The number of hydrogen-bond acceptors (Lipinski definition) is 4. The van der Waals surface area contributed by atoms with E-state index >= 15 is 0 Å². The Balaban J connectivity index is 2.21. The number of nitrogens with zero attached hydrogens (tertiary/aromatic N) is 2. The van der Waals surface area contributed by atoms with E-state index in [-0.39, 0.29) is 0 Å². The number of rotatable bonds is 4. The average Bonchev–Trinajstić information content (AvgIpc) is 2.42. The fourth-order valence-corrected chi connectivity index (χ4v) is 3.30. The molecule has 2 rings (SSSR count). The number of halogens is 3. The average molecular weight is 350 g/mol. The normalized spacial score (nSPS) is 10.7. The van der Waals surface area contributed by atoms with Crippen LogP contribution in [0.4, 0.5) is 0 Å². The summed E-state index contributed by atoms with van der Waals surface area (Å²) in [5.74, 6) is 1.06. The van der Waals surface area contributed by atoms with Crippen LogP contribution >= 0.6 is 46.6 Å². The molecule has 0 aliphatic carbocycles. The zero-order valence-corrected chi connectivity index (χ0v) is 13.9. The molecule has 1 heterocycles. The van der Waals surface area contributed by atoms with Crippen molar-refractivity contribution in [3.8, 4) is 5.88 Å². The molecule has 0 spiro atoms. The van der Waals surface area contributed by atoms with E-state index in [4.69, 9.17) is 39.5 Å². The number of aryl methyl sites for hydroxylation is 1. The zero-order valence-electron chi connectivity index (χ0n) is 10.8. The second kappa shape index (κ2) is 6.85. The van der Waals surface area contributed by atoms with Crippen LogP contribution in [0.3, 0.4) is 0 Å². The predicted octanol–water partition coefficient (Wildman–Crippen LogP) is 5.05. The van der Waals surface area contributed by atoms with Crippen LogP contribution in [-0.4, -0.2) is 17.1 Å². The first-order valence-electron chi connectivity index (χ1n) is 5.66. The summed E-state index contributed by atoms with van der Waals surface area (Å²) >= 11 is 19.7. The van der Waals surface area contributed by atoms with E-state index in [1.54, 1.807) is 25.3 Å². The quantitative estimate of drug-likeness (QED) is 0.440. The molecule has 0 fully saturated rings. The highest BCUT2D eigenvalue weighted by Gasteiger charge is 2.11. The topological polar surface area (TPSA) is 35.0 Å². The molecule has 2 aromatic rings. The van der Waals surface area contributed by atoms with Crippen LogP contribution < -0.4 is 4.74 Å². The van der Waals surface area contributed by atoms with Gasteiger partial charge in [0.1, 0.15) is 0 Å². The first-order valence-corrected chi connectivity index (χ1v) is 7.78. The van der Waals surface area contributed by atoms with E-state index in [1.165, 1.54) is 11.8 Å². The van der Waals surface area contributed by atoms with Crippen molar-refractivity contribution in [3.63, 3.8) is 0 Å². The summed E-state index contributed by atoms with van der Waals surface area (Å²) in [5, 5.41) is 2.13. The Labute approximate surface area is 136 Å². The fraction of sp³-hybridized carbons (Fsp3) is 0.231. The van der Waals surface area contributed by atoms with Crippen molar-refractivity contribution in [2.45, 2.75) is 17.8 Å². The van der Waals surface area contributed by atoms with Crippen molar-refractivity contribution in [1.82, 2.24) is 9.97 Å². The molecule has 0 atom stereocenters. The van der Waals surface area contributed by atoms with Gasteiger partial charge in [0.2, 0.25) is 5.88 Å². The summed E-state index contributed by atoms with van der Waals surface area (Å²) < 4.78 is 5.12. The number of hydrogen-bond donors (Lipinski definition) is 0. The second-order valence-electron chi connectivity index (χ2n) is 3.94. The van der Waals surface area contributed by atoms with Gasteiger partial charge in [-0.2, -0.15) is 4.98 Å². The Bertz CT molecular complexity index is 637. The van der Waals surface area contributed by atoms with Gasteiger partial charge in [-0.05, 0) is 19.1 Å². The van der Waals surface area contributed by atoms with E-state index in [1.807, 2.05) is 6.92 Å². The monoisotopic (exact) mass is 348 g/mol. The van der Waals surface area contributed by atoms with Crippen LogP contribution in [0, 0.1) is 6.92 Å². The maximum atomic E-state index is 6.16. The molecule has 1 aromatic carbocycles. The summed E-state index contributed by atoms with van der Waals surface area (Å²) in [5.41, 5.74) is 1.61. The summed E-state index contributed by atoms with van der Waals surface area (Å²) in [6.45, 7) is 1.88. The van der Waals surface area contributed by atoms with E-state index in [0.717, 1.165) is 11.3 Å². The van der Waals surface area contributed by atoms with Gasteiger partial charge in [-0.25, -0.2) is 4.98 Å². The number of aromatic nitrogens is 2. The summed E-state index contributed by atoms with van der Waals surface area (Å²) in [6, 6.07) is 5.17. The predicted molar refractivity (Wildman–Crippen MR) is 84.4 cm³/mol. The van der Waals surface area contributed by atoms with Gasteiger partial charge >= 0.3 is 0 Å². The third kappa shape index (κ3) is 3.70. The molecule has 0 aliphatic rings. The van der Waals surface area contributed by atoms with Crippen molar-refractivity contribution in [2.75, 3.05) is 7.11 Å². The second-order valence-corrected chi connectivity index (χ2v) is 6.08. The number of benzene rings is 1. The summed E-state index contributed by atoms with van der Waals surface area (Å²) in [7, 11) is 1.57. The molecule has 3 nitrogen and oxygen atoms in total. The number of ether oxygens (including phenoxy) is 1. The van der Waals surface area contributed by atoms with Gasteiger partial charge in [0, 0.05) is 28.1 Å². The van der Waals surface area contributed by atoms with Crippen molar-refractivity contribution in [3.05, 3.63) is 44.5 Å². The molecule has 1 aromatic heterocycles. The minimum Gasteiger partial charge on any atom is -0.481 e. The van der Waals surface area contributed by atoms with Gasteiger partial charge in [-0.15, -0.1) is 0 Å². The van der Waals surface area contributed by atoms with Crippen molar-refractivity contribution in [2.24, 2.45) is 0 Å². The first-order chi connectivity index (χ1) is 9.51. The Hall–Kier alpha value is -0.680. The zero-order chi connectivity index (χ0) is 14.7. The fourth-order valence-electron chi connectivity index (χ4n) is 1.52. The van der Waals surface area contributed by atoms with Gasteiger partial charge in [-0.1, -0.05) is 46.6 Å². The molecule has 0 unspecified atom stereocenters. The standard InChI is InChI=1S/C13H11Cl3N2OS/c1-7-5-11(19-2)18-13(17-7)20-6-8-9(14)3-4-10(15)12(8)16/h3-5H,6H2,1-2H3. The minimum absolute atomic E-state index is 0.464. The van der Waals surface area contributed by atoms with Gasteiger partial charge in [-0.3, -0.25) is 0 Å². The molecule has 20 heavy (non-hydrogen) atoms. The van der Waals surface area contributed by atoms with E-state index in [2.05, 4.69) is 9.97 Å². The van der Waals surface area contributed by atoms with Crippen LogP contribution in [0.5, 0.6) is 5.88 Å². The van der Waals surface area contributed by atoms with Crippen molar-refractivity contribution < 1.29 is 4.74 Å². The lowest BCUT2D eigenvalue weighted by atomic mass is 10.2. The highest BCUT2D eigenvalue weighted by Crippen LogP contribution is 2.35. The maximum absolute atomic E-state index is 6.16. The Kier molecular flexibility index (Phi) is 5.38. The SMILES string of the molecule is COc1cc(C)nc(SCc2c(Cl)ccc(Cl)c2Cl)n1. The molecule has 106 valence electrons. The molecule has 0 saturated carbocycles. The summed E-state index contributed by atoms with van der Waals surface area (Å²) in [6.07, 6.45) is 0. The first kappa shape index (κ1) is 15.7. The molecule has 0 saturated heterocycles. The van der Waals surface area contributed by atoms with Gasteiger partial charge < -0.3 is 4.74 Å². The lowest BCUT2D eigenvalue weighted by molar-refractivity contribution is 0.391. The Morgan fingerprint density at radius 3 is 2.55 bits per heavy atom. The van der Waals surface area contributed by atoms with Crippen LogP contribution in [0.2, 0.25) is 15.1 Å². The molecule has 0 N–H and O–H groups in total. The molecule has 0 bridgehead atoms. The molecule has 0 radical (unpaired) electrons. The van der Waals surface area contributed by atoms with E-state index < -0.39 is 0 Å². The van der Waals surface area contributed by atoms with E-state index in [9.17, 15) is 0 Å². The molecular weight excluding hydrogens is 339 g/mol. The molecule has 0 amide bonds. The van der Waals surface area contributed by atoms with Crippen LogP contribution in [0.15, 0.2) is 23.4 Å². The smallest absolute Gasteiger partial charge is 0.217 e. The van der Waals surface area contributed by atoms with E-state index in [0.29, 0.717) is 31.9 Å². The lowest BCUT2D eigenvalue weighted by Gasteiger charge is -2.08. The highest BCUT2D eigenvalue weighted by molar-refractivity contribution is 7.98. The molecule has 7 heteroatoms. The van der Waals surface area contributed by atoms with Crippen molar-refractivity contribution >= 4 is 46.6 Å². The molecule has 0 aliphatic heterocycles. The largest absolute Gasteiger partial charge is 0.481 e. The number of thioether (sulfide) groups is 1. The van der Waals surface area contributed by atoms with Crippen LogP contribution in [0.1, 0.15) is 11.3 Å². The van der Waals surface area contributed by atoms with Crippen LogP contribution in [-0.2, 0) is 5.75 Å². The molecular formula is C13H11Cl3N2OS. The Morgan fingerprint density at radius 2 is 1.85 bits per heavy atom. The minimum atomic E-state index is 0.464. The lowest BCUT2D eigenvalue weighted by Crippen LogP contribution is -1.95. The number of methoxy groups -OCH3 is 1. The highest BCUT2D eigenvalue weighted by atomic mass is 35.5. The van der Waals surface area contributed by atoms with Crippen LogP contribution in [0.25, 0.3) is 0 Å². The van der Waals surface area contributed by atoms with Gasteiger partial charge in [0.15, 0.2) is 5.16 Å². The third-order valence-corrected chi connectivity index (χ3v) is 4.58. The third-order valence-electron chi connectivity index (χ3n) is 2.50. The Morgan fingerprint density at radius 1 is 1.15 bits per heavy atom. The summed E-state index contributed by atoms with van der Waals surface area (Å²) in [4.78, 5) is 8.59.